The molecular formula is C25H18Cl2N2O4S. The van der Waals surface area contributed by atoms with Gasteiger partial charge in [-0.15, -0.1) is 0 Å². The molecule has 1 heterocycles. The van der Waals surface area contributed by atoms with Crippen LogP contribution in [-0.4, -0.2) is 24.0 Å². The van der Waals surface area contributed by atoms with E-state index in [0.717, 1.165) is 5.56 Å². The molecule has 4 rings (SSSR count). The van der Waals surface area contributed by atoms with Gasteiger partial charge in [0.25, 0.3) is 11.8 Å². The summed E-state index contributed by atoms with van der Waals surface area (Å²) >= 11 is 17.1. The van der Waals surface area contributed by atoms with Crippen molar-refractivity contribution in [3.8, 4) is 11.5 Å². The summed E-state index contributed by atoms with van der Waals surface area (Å²) in [6.45, 7) is 0.283. The zero-order valence-electron chi connectivity index (χ0n) is 17.9. The van der Waals surface area contributed by atoms with Crippen LogP contribution in [0.3, 0.4) is 0 Å². The van der Waals surface area contributed by atoms with Crippen molar-refractivity contribution >= 4 is 64.1 Å². The summed E-state index contributed by atoms with van der Waals surface area (Å²) in [6, 6.07) is 19.0. The number of nitrogens with one attached hydrogen (secondary N) is 1. The quantitative estimate of drug-likeness (QED) is 0.271. The van der Waals surface area contributed by atoms with Crippen molar-refractivity contribution < 1.29 is 19.1 Å². The molecule has 0 spiro atoms. The SMILES string of the molecule is COc1ccc(C=C2C(=O)NC(=S)N(c3ccc(Cl)cc3)C2=O)cc1OCc1ccc(Cl)cc1. The smallest absolute Gasteiger partial charge is 0.270 e. The molecule has 9 heteroatoms. The maximum Gasteiger partial charge on any atom is 0.270 e. The highest BCUT2D eigenvalue weighted by Crippen LogP contribution is 2.31. The highest BCUT2D eigenvalue weighted by atomic mass is 35.5. The highest BCUT2D eigenvalue weighted by Gasteiger charge is 2.34. The van der Waals surface area contributed by atoms with E-state index in [4.69, 9.17) is 44.9 Å². The molecular weight excluding hydrogens is 495 g/mol. The minimum atomic E-state index is -0.584. The van der Waals surface area contributed by atoms with E-state index in [2.05, 4.69) is 5.32 Å². The molecule has 0 aliphatic carbocycles. The molecule has 3 aromatic rings. The maximum atomic E-state index is 13.2. The number of benzene rings is 3. The molecule has 1 saturated heterocycles. The summed E-state index contributed by atoms with van der Waals surface area (Å²) in [7, 11) is 1.53. The number of methoxy groups -OCH3 is 1. The number of hydrogen-bond donors (Lipinski definition) is 1. The third-order valence-corrected chi connectivity index (χ3v) is 5.78. The van der Waals surface area contributed by atoms with Crippen LogP contribution < -0.4 is 19.7 Å². The summed E-state index contributed by atoms with van der Waals surface area (Å²) in [5.41, 5.74) is 1.92. The van der Waals surface area contributed by atoms with Crippen molar-refractivity contribution in [2.24, 2.45) is 0 Å². The molecule has 0 aromatic heterocycles. The number of anilines is 1. The standard InChI is InChI=1S/C25H18Cl2N2O4S/c1-32-21-11-4-16(13-22(21)33-14-15-2-5-17(26)6-3-15)12-20-23(30)28-25(34)29(24(20)31)19-9-7-18(27)8-10-19/h2-13H,14H2,1H3,(H,28,30,34). The Morgan fingerprint density at radius 2 is 1.59 bits per heavy atom. The molecule has 172 valence electrons. The number of carbonyl (C=O) groups excluding carboxylic acids is 2. The number of hydrogen-bond acceptors (Lipinski definition) is 5. The van der Waals surface area contributed by atoms with E-state index < -0.39 is 11.8 Å². The number of thiocarbonyl (C=S) groups is 1. The fourth-order valence-electron chi connectivity index (χ4n) is 3.29. The monoisotopic (exact) mass is 512 g/mol. The lowest BCUT2D eigenvalue weighted by Crippen LogP contribution is -2.54. The van der Waals surface area contributed by atoms with Gasteiger partial charge in [-0.05, 0) is 78.0 Å². The molecule has 34 heavy (non-hydrogen) atoms. The summed E-state index contributed by atoms with van der Waals surface area (Å²) in [6.07, 6.45) is 1.48. The minimum Gasteiger partial charge on any atom is -0.493 e. The molecule has 6 nitrogen and oxygen atoms in total. The van der Waals surface area contributed by atoms with Gasteiger partial charge in [0, 0.05) is 10.0 Å². The van der Waals surface area contributed by atoms with Gasteiger partial charge in [-0.25, -0.2) is 0 Å². The number of amides is 2. The highest BCUT2D eigenvalue weighted by molar-refractivity contribution is 7.80. The molecule has 0 unspecified atom stereocenters. The normalized spacial score (nSPS) is 14.9. The van der Waals surface area contributed by atoms with Crippen LogP contribution in [0, 0.1) is 0 Å². The number of nitrogens with zero attached hydrogens (tertiary/aromatic N) is 1. The van der Waals surface area contributed by atoms with Crippen LogP contribution in [0.15, 0.2) is 72.3 Å². The number of rotatable bonds is 6. The summed E-state index contributed by atoms with van der Waals surface area (Å²) in [5, 5.41) is 3.71. The number of halogens is 2. The van der Waals surface area contributed by atoms with Gasteiger partial charge < -0.3 is 9.47 Å². The van der Waals surface area contributed by atoms with Gasteiger partial charge in [0.15, 0.2) is 16.6 Å². The molecule has 2 amide bonds. The maximum absolute atomic E-state index is 13.2. The average molecular weight is 513 g/mol. The molecule has 1 N–H and O–H groups in total. The van der Waals surface area contributed by atoms with E-state index in [-0.39, 0.29) is 17.3 Å². The van der Waals surface area contributed by atoms with Crippen molar-refractivity contribution in [1.29, 1.82) is 0 Å². The van der Waals surface area contributed by atoms with Crippen molar-refractivity contribution in [1.82, 2.24) is 5.32 Å². The number of ether oxygens (including phenoxy) is 2. The van der Waals surface area contributed by atoms with E-state index in [1.807, 2.05) is 12.1 Å². The van der Waals surface area contributed by atoms with Gasteiger partial charge in [-0.2, -0.15) is 0 Å². The lowest BCUT2D eigenvalue weighted by atomic mass is 10.1. The van der Waals surface area contributed by atoms with Gasteiger partial charge in [0.2, 0.25) is 0 Å². The first-order valence-electron chi connectivity index (χ1n) is 10.1. The van der Waals surface area contributed by atoms with Gasteiger partial charge in [-0.1, -0.05) is 41.4 Å². The van der Waals surface area contributed by atoms with Gasteiger partial charge in [-0.3, -0.25) is 19.8 Å². The Morgan fingerprint density at radius 3 is 2.24 bits per heavy atom. The molecule has 0 bridgehead atoms. The first kappa shape index (κ1) is 23.8. The van der Waals surface area contributed by atoms with Crippen LogP contribution in [0.4, 0.5) is 5.69 Å². The fraction of sp³-hybridized carbons (Fsp3) is 0.0800. The van der Waals surface area contributed by atoms with Crippen LogP contribution in [0.5, 0.6) is 11.5 Å². The van der Waals surface area contributed by atoms with E-state index in [9.17, 15) is 9.59 Å². The fourth-order valence-corrected chi connectivity index (χ4v) is 3.82. The second kappa shape index (κ2) is 10.3. The largest absolute Gasteiger partial charge is 0.493 e. The molecule has 0 radical (unpaired) electrons. The first-order chi connectivity index (χ1) is 16.4. The van der Waals surface area contributed by atoms with Crippen LogP contribution in [0.1, 0.15) is 11.1 Å². The van der Waals surface area contributed by atoms with Crippen molar-refractivity contribution in [2.45, 2.75) is 6.61 Å². The lowest BCUT2D eigenvalue weighted by molar-refractivity contribution is -0.122. The zero-order valence-corrected chi connectivity index (χ0v) is 20.2. The Bertz CT molecular complexity index is 1290. The molecule has 1 aliphatic rings. The number of carbonyl (C=O) groups is 2. The van der Waals surface area contributed by atoms with Crippen LogP contribution in [-0.2, 0) is 16.2 Å². The van der Waals surface area contributed by atoms with Gasteiger partial charge in [0.05, 0.1) is 12.8 Å². The molecule has 3 aromatic carbocycles. The van der Waals surface area contributed by atoms with Crippen LogP contribution in [0.2, 0.25) is 10.0 Å². The molecule has 0 atom stereocenters. The van der Waals surface area contributed by atoms with Crippen molar-refractivity contribution in [2.75, 3.05) is 12.0 Å². The molecule has 1 fully saturated rings. The summed E-state index contributed by atoms with van der Waals surface area (Å²) < 4.78 is 11.3. The Hall–Kier alpha value is -3.39. The van der Waals surface area contributed by atoms with Crippen LogP contribution >= 0.6 is 35.4 Å². The predicted octanol–water partition coefficient (Wildman–Crippen LogP) is 5.41. The third kappa shape index (κ3) is 5.22. The Morgan fingerprint density at radius 1 is 0.941 bits per heavy atom. The summed E-state index contributed by atoms with van der Waals surface area (Å²) in [5.74, 6) is -0.157. The van der Waals surface area contributed by atoms with E-state index in [1.54, 1.807) is 54.6 Å². The van der Waals surface area contributed by atoms with Crippen molar-refractivity contribution in [3.63, 3.8) is 0 Å². The Kier molecular flexibility index (Phi) is 7.17. The Labute approximate surface area is 211 Å². The molecule has 1 aliphatic heterocycles. The van der Waals surface area contributed by atoms with E-state index in [0.29, 0.717) is 32.8 Å². The zero-order chi connectivity index (χ0) is 24.2. The predicted molar refractivity (Wildman–Crippen MR) is 136 cm³/mol. The minimum absolute atomic E-state index is 0.00353. The summed E-state index contributed by atoms with van der Waals surface area (Å²) in [4.78, 5) is 27.0. The average Bonchev–Trinajstić information content (AvgIpc) is 2.82. The molecule has 0 saturated carbocycles. The first-order valence-corrected chi connectivity index (χ1v) is 11.2. The van der Waals surface area contributed by atoms with Gasteiger partial charge >= 0.3 is 0 Å². The van der Waals surface area contributed by atoms with Gasteiger partial charge in [0.1, 0.15) is 12.2 Å². The van der Waals surface area contributed by atoms with Crippen LogP contribution in [0.25, 0.3) is 6.08 Å². The van der Waals surface area contributed by atoms with E-state index in [1.165, 1.54) is 18.1 Å². The second-order valence-corrected chi connectivity index (χ2v) is 8.52. The van der Waals surface area contributed by atoms with Crippen molar-refractivity contribution in [3.05, 3.63) is 93.5 Å². The second-order valence-electron chi connectivity index (χ2n) is 7.26. The topological polar surface area (TPSA) is 67.9 Å². The van der Waals surface area contributed by atoms with E-state index >= 15 is 0 Å². The lowest BCUT2D eigenvalue weighted by Gasteiger charge is -2.29. The third-order valence-electron chi connectivity index (χ3n) is 4.99. The Balaban J connectivity index is 1.62.